The fraction of sp³-hybridized carbons (Fsp3) is 0.0833. The second-order valence-corrected chi connectivity index (χ2v) is 7.96. The standard InChI is InChI=1S/C24H17ClO4S/c25-21-19-11-4-5-12-20(19)30-22(21)24(27)29-18-10-6-9-17(15-18)23(26)28-14-13-16-7-2-1-3-8-16/h1-12,15H,13-14H2. The van der Waals surface area contributed by atoms with Crippen molar-refractivity contribution >= 4 is 45.0 Å². The van der Waals surface area contributed by atoms with Crippen molar-refractivity contribution in [2.24, 2.45) is 0 Å². The molecule has 0 spiro atoms. The minimum atomic E-state index is -0.559. The molecule has 30 heavy (non-hydrogen) atoms. The molecule has 0 unspecified atom stereocenters. The van der Waals surface area contributed by atoms with Crippen molar-refractivity contribution in [3.8, 4) is 5.75 Å². The second-order valence-electron chi connectivity index (χ2n) is 6.53. The first-order valence-corrected chi connectivity index (χ1v) is 10.5. The largest absolute Gasteiger partial charge is 0.462 e. The van der Waals surface area contributed by atoms with Crippen molar-refractivity contribution in [3.63, 3.8) is 0 Å². The van der Waals surface area contributed by atoms with E-state index in [9.17, 15) is 9.59 Å². The Balaban J connectivity index is 1.41. The van der Waals surface area contributed by atoms with Crippen LogP contribution in [-0.4, -0.2) is 18.5 Å². The molecule has 0 fully saturated rings. The third kappa shape index (κ3) is 4.53. The van der Waals surface area contributed by atoms with Crippen molar-refractivity contribution in [3.05, 3.63) is 99.9 Å². The van der Waals surface area contributed by atoms with E-state index in [-0.39, 0.29) is 12.4 Å². The van der Waals surface area contributed by atoms with Gasteiger partial charge in [-0.3, -0.25) is 0 Å². The van der Waals surface area contributed by atoms with Crippen LogP contribution in [0.4, 0.5) is 0 Å². The monoisotopic (exact) mass is 436 g/mol. The maximum Gasteiger partial charge on any atom is 0.355 e. The molecule has 1 heterocycles. The van der Waals surface area contributed by atoms with E-state index in [0.717, 1.165) is 15.6 Å². The third-order valence-electron chi connectivity index (χ3n) is 4.47. The molecule has 4 rings (SSSR count). The molecule has 150 valence electrons. The van der Waals surface area contributed by atoms with Gasteiger partial charge in [0, 0.05) is 16.5 Å². The minimum Gasteiger partial charge on any atom is -0.462 e. The van der Waals surface area contributed by atoms with Gasteiger partial charge in [-0.15, -0.1) is 11.3 Å². The first-order chi connectivity index (χ1) is 14.6. The van der Waals surface area contributed by atoms with E-state index in [0.29, 0.717) is 21.9 Å². The molecule has 0 saturated carbocycles. The molecule has 0 aliphatic rings. The number of hydrogen-bond acceptors (Lipinski definition) is 5. The van der Waals surface area contributed by atoms with Crippen LogP contribution in [0.25, 0.3) is 10.1 Å². The number of esters is 2. The van der Waals surface area contributed by atoms with Gasteiger partial charge < -0.3 is 9.47 Å². The van der Waals surface area contributed by atoms with Gasteiger partial charge in [-0.2, -0.15) is 0 Å². The van der Waals surface area contributed by atoms with Crippen molar-refractivity contribution in [2.75, 3.05) is 6.61 Å². The molecular formula is C24H17ClO4S. The summed E-state index contributed by atoms with van der Waals surface area (Å²) < 4.78 is 11.7. The van der Waals surface area contributed by atoms with Crippen LogP contribution >= 0.6 is 22.9 Å². The molecule has 1 aromatic heterocycles. The first-order valence-electron chi connectivity index (χ1n) is 9.32. The molecule has 0 atom stereocenters. The molecule has 0 aliphatic heterocycles. The van der Waals surface area contributed by atoms with Gasteiger partial charge in [0.15, 0.2) is 0 Å². The van der Waals surface area contributed by atoms with Crippen LogP contribution in [0.5, 0.6) is 5.75 Å². The molecule has 0 bridgehead atoms. The van der Waals surface area contributed by atoms with Crippen LogP contribution in [0.1, 0.15) is 25.6 Å². The number of halogens is 1. The zero-order valence-electron chi connectivity index (χ0n) is 15.8. The summed E-state index contributed by atoms with van der Waals surface area (Å²) >= 11 is 7.62. The van der Waals surface area contributed by atoms with E-state index in [2.05, 4.69) is 0 Å². The Morgan fingerprint density at radius 2 is 1.63 bits per heavy atom. The Morgan fingerprint density at radius 1 is 0.867 bits per heavy atom. The SMILES string of the molecule is O=C(OCCc1ccccc1)c1cccc(OC(=O)c2sc3ccccc3c2Cl)c1. The number of hydrogen-bond donors (Lipinski definition) is 0. The molecule has 4 nitrogen and oxygen atoms in total. The molecule has 3 aromatic carbocycles. The maximum atomic E-state index is 12.6. The number of fused-ring (bicyclic) bond motifs is 1. The van der Waals surface area contributed by atoms with Crippen LogP contribution in [0, 0.1) is 0 Å². The highest BCUT2D eigenvalue weighted by molar-refractivity contribution is 7.21. The van der Waals surface area contributed by atoms with Crippen molar-refractivity contribution in [1.82, 2.24) is 0 Å². The zero-order chi connectivity index (χ0) is 20.9. The summed E-state index contributed by atoms with van der Waals surface area (Å²) in [5, 5.41) is 1.18. The van der Waals surface area contributed by atoms with Crippen molar-refractivity contribution in [1.29, 1.82) is 0 Å². The Kier molecular flexibility index (Phi) is 6.12. The number of benzene rings is 3. The molecule has 0 saturated heterocycles. The van der Waals surface area contributed by atoms with Gasteiger partial charge in [0.1, 0.15) is 10.6 Å². The molecule has 4 aromatic rings. The summed E-state index contributed by atoms with van der Waals surface area (Å²) in [5.41, 5.74) is 1.41. The van der Waals surface area contributed by atoms with Gasteiger partial charge in [0.05, 0.1) is 17.2 Å². The van der Waals surface area contributed by atoms with Gasteiger partial charge in [-0.05, 0) is 29.8 Å². The van der Waals surface area contributed by atoms with Crippen LogP contribution < -0.4 is 4.74 Å². The quantitative estimate of drug-likeness (QED) is 0.268. The molecule has 0 radical (unpaired) electrons. The molecule has 0 aliphatic carbocycles. The number of carbonyl (C=O) groups excluding carboxylic acids is 2. The average Bonchev–Trinajstić information content (AvgIpc) is 3.11. The highest BCUT2D eigenvalue weighted by atomic mass is 35.5. The van der Waals surface area contributed by atoms with Crippen LogP contribution in [0.3, 0.4) is 0 Å². The van der Waals surface area contributed by atoms with Crippen molar-refractivity contribution in [2.45, 2.75) is 6.42 Å². The lowest BCUT2D eigenvalue weighted by molar-refractivity contribution is 0.0507. The van der Waals surface area contributed by atoms with Gasteiger partial charge in [-0.1, -0.05) is 66.2 Å². The highest BCUT2D eigenvalue weighted by Gasteiger charge is 2.19. The summed E-state index contributed by atoms with van der Waals surface area (Å²) in [4.78, 5) is 25.3. The molecule has 0 amide bonds. The van der Waals surface area contributed by atoms with E-state index >= 15 is 0 Å². The van der Waals surface area contributed by atoms with E-state index in [1.165, 1.54) is 17.4 Å². The van der Waals surface area contributed by atoms with Crippen LogP contribution in [0.15, 0.2) is 78.9 Å². The Labute approximate surface area is 182 Å². The van der Waals surface area contributed by atoms with Crippen molar-refractivity contribution < 1.29 is 19.1 Å². The van der Waals surface area contributed by atoms with E-state index in [4.69, 9.17) is 21.1 Å². The van der Waals surface area contributed by atoms with E-state index < -0.39 is 11.9 Å². The third-order valence-corrected chi connectivity index (χ3v) is 6.12. The molecule has 0 N–H and O–H groups in total. The number of thiophene rings is 1. The maximum absolute atomic E-state index is 12.6. The Bertz CT molecular complexity index is 1200. The predicted octanol–water partition coefficient (Wildman–Crippen LogP) is 6.17. The fourth-order valence-electron chi connectivity index (χ4n) is 2.97. The highest BCUT2D eigenvalue weighted by Crippen LogP contribution is 2.35. The summed E-state index contributed by atoms with van der Waals surface area (Å²) in [7, 11) is 0. The lowest BCUT2D eigenvalue weighted by atomic mass is 10.2. The fourth-order valence-corrected chi connectivity index (χ4v) is 4.36. The van der Waals surface area contributed by atoms with Gasteiger partial charge in [0.2, 0.25) is 0 Å². The Hall–Kier alpha value is -3.15. The molecule has 6 heteroatoms. The van der Waals surface area contributed by atoms with Gasteiger partial charge in [0.25, 0.3) is 0 Å². The minimum absolute atomic E-state index is 0.256. The van der Waals surface area contributed by atoms with Gasteiger partial charge >= 0.3 is 11.9 Å². The summed E-state index contributed by atoms with van der Waals surface area (Å²) in [6.45, 7) is 0.268. The van der Waals surface area contributed by atoms with E-state index in [1.54, 1.807) is 18.2 Å². The smallest absolute Gasteiger partial charge is 0.355 e. The summed E-state index contributed by atoms with van der Waals surface area (Å²) in [6, 6.07) is 23.7. The lowest BCUT2D eigenvalue weighted by Gasteiger charge is -2.07. The zero-order valence-corrected chi connectivity index (χ0v) is 17.4. The summed E-state index contributed by atoms with van der Waals surface area (Å²) in [6.07, 6.45) is 0.631. The van der Waals surface area contributed by atoms with Gasteiger partial charge in [-0.25, -0.2) is 9.59 Å². The summed E-state index contributed by atoms with van der Waals surface area (Å²) in [5.74, 6) is -0.773. The topological polar surface area (TPSA) is 52.6 Å². The second kappa shape index (κ2) is 9.11. The number of rotatable bonds is 6. The predicted molar refractivity (Wildman–Crippen MR) is 119 cm³/mol. The Morgan fingerprint density at radius 3 is 2.43 bits per heavy atom. The molecular weight excluding hydrogens is 420 g/mol. The number of ether oxygens (including phenoxy) is 2. The average molecular weight is 437 g/mol. The number of carbonyl (C=O) groups is 2. The van der Waals surface area contributed by atoms with E-state index in [1.807, 2.05) is 54.6 Å². The van der Waals surface area contributed by atoms with Crippen LogP contribution in [0.2, 0.25) is 5.02 Å². The lowest BCUT2D eigenvalue weighted by Crippen LogP contribution is -2.10. The normalized spacial score (nSPS) is 10.7. The first kappa shape index (κ1) is 20.1. The van der Waals surface area contributed by atoms with Crippen LogP contribution in [-0.2, 0) is 11.2 Å².